The van der Waals surface area contributed by atoms with Crippen molar-refractivity contribution in [2.45, 2.75) is 26.2 Å². The van der Waals surface area contributed by atoms with E-state index in [1.54, 1.807) is 24.3 Å². The zero-order valence-corrected chi connectivity index (χ0v) is 13.1. The molecule has 0 atom stereocenters. The van der Waals surface area contributed by atoms with E-state index < -0.39 is 0 Å². The van der Waals surface area contributed by atoms with Crippen molar-refractivity contribution in [3.05, 3.63) is 59.2 Å². The molecule has 0 fully saturated rings. The first-order valence-corrected chi connectivity index (χ1v) is 7.77. The van der Waals surface area contributed by atoms with Gasteiger partial charge in [0.25, 0.3) is 0 Å². The number of hydrogen-bond acceptors (Lipinski definition) is 3. The lowest BCUT2D eigenvalue weighted by Gasteiger charge is -2.17. The van der Waals surface area contributed by atoms with Crippen molar-refractivity contribution in [1.82, 2.24) is 0 Å². The number of ketones is 1. The highest BCUT2D eigenvalue weighted by Gasteiger charge is 2.12. The van der Waals surface area contributed by atoms with Gasteiger partial charge in [0.15, 0.2) is 5.78 Å². The molecule has 1 heterocycles. The van der Waals surface area contributed by atoms with E-state index in [1.165, 1.54) is 12.5 Å². The number of rotatable bonds is 4. The molecule has 0 bridgehead atoms. The fourth-order valence-corrected chi connectivity index (χ4v) is 2.70. The highest BCUT2D eigenvalue weighted by molar-refractivity contribution is 5.96. The number of amides is 1. The normalized spacial score (nSPS) is 12.9. The molecule has 1 aliphatic heterocycles. The van der Waals surface area contributed by atoms with E-state index in [0.29, 0.717) is 17.7 Å². The summed E-state index contributed by atoms with van der Waals surface area (Å²) in [7, 11) is 0. The second-order valence-corrected chi connectivity index (χ2v) is 5.75. The fourth-order valence-electron chi connectivity index (χ4n) is 2.70. The van der Waals surface area contributed by atoms with Gasteiger partial charge in [0.2, 0.25) is 5.91 Å². The van der Waals surface area contributed by atoms with E-state index in [1.807, 2.05) is 18.2 Å². The number of aryl methyl sites for hydroxylation is 1. The number of Topliss-reactive ketones (excluding diaryl/α,β-unsaturated/α-hetero) is 1. The fraction of sp³-hybridized carbons (Fsp3) is 0.263. The van der Waals surface area contributed by atoms with Crippen LogP contribution in [-0.4, -0.2) is 18.3 Å². The molecule has 1 aliphatic rings. The number of ether oxygens (including phenoxy) is 1. The van der Waals surface area contributed by atoms with Crippen LogP contribution in [0.15, 0.2) is 42.5 Å². The number of nitrogens with one attached hydrogen (secondary N) is 1. The standard InChI is InChI=1S/C19H19NO3/c1-13(21)15-5-7-17(8-6-15)20-19(22)12-14-4-9-18-16(11-14)3-2-10-23-18/h4-9,11H,2-3,10,12H2,1H3,(H,20,22). The van der Waals surface area contributed by atoms with Gasteiger partial charge in [-0.2, -0.15) is 0 Å². The van der Waals surface area contributed by atoms with Crippen molar-refractivity contribution in [3.8, 4) is 5.75 Å². The summed E-state index contributed by atoms with van der Waals surface area (Å²) >= 11 is 0. The van der Waals surface area contributed by atoms with Gasteiger partial charge in [0, 0.05) is 11.3 Å². The van der Waals surface area contributed by atoms with E-state index in [-0.39, 0.29) is 11.7 Å². The Morgan fingerprint density at radius 3 is 2.65 bits per heavy atom. The predicted octanol–water partition coefficient (Wildman–Crippen LogP) is 3.40. The Labute approximate surface area is 135 Å². The Kier molecular flexibility index (Phi) is 4.42. The minimum absolute atomic E-state index is 0.0131. The van der Waals surface area contributed by atoms with Crippen LogP contribution in [0.5, 0.6) is 5.75 Å². The first-order chi connectivity index (χ1) is 11.1. The minimum atomic E-state index is -0.0720. The molecule has 0 saturated carbocycles. The predicted molar refractivity (Wildman–Crippen MR) is 89.0 cm³/mol. The molecule has 1 N–H and O–H groups in total. The number of fused-ring (bicyclic) bond motifs is 1. The van der Waals surface area contributed by atoms with Crippen LogP contribution < -0.4 is 10.1 Å². The largest absolute Gasteiger partial charge is 0.493 e. The molecule has 3 rings (SSSR count). The van der Waals surface area contributed by atoms with Crippen LogP contribution in [0.1, 0.15) is 34.8 Å². The third-order valence-corrected chi connectivity index (χ3v) is 3.91. The van der Waals surface area contributed by atoms with Crippen molar-refractivity contribution in [2.75, 3.05) is 11.9 Å². The highest BCUT2D eigenvalue weighted by Crippen LogP contribution is 2.25. The van der Waals surface area contributed by atoms with Crippen LogP contribution >= 0.6 is 0 Å². The molecule has 0 radical (unpaired) electrons. The summed E-state index contributed by atoms with van der Waals surface area (Å²) in [5.41, 5.74) is 3.48. The van der Waals surface area contributed by atoms with Gasteiger partial charge in [-0.1, -0.05) is 12.1 Å². The summed E-state index contributed by atoms with van der Waals surface area (Å²) in [5.74, 6) is 0.872. The maximum atomic E-state index is 12.2. The van der Waals surface area contributed by atoms with Gasteiger partial charge >= 0.3 is 0 Å². The third-order valence-electron chi connectivity index (χ3n) is 3.91. The van der Waals surface area contributed by atoms with E-state index in [9.17, 15) is 9.59 Å². The second-order valence-electron chi connectivity index (χ2n) is 5.75. The van der Waals surface area contributed by atoms with Crippen LogP contribution in [-0.2, 0) is 17.6 Å². The van der Waals surface area contributed by atoms with Gasteiger partial charge in [0.1, 0.15) is 5.75 Å². The zero-order valence-electron chi connectivity index (χ0n) is 13.1. The lowest BCUT2D eigenvalue weighted by atomic mass is 10.0. The monoisotopic (exact) mass is 309 g/mol. The number of hydrogen-bond donors (Lipinski definition) is 1. The molecule has 0 aliphatic carbocycles. The smallest absolute Gasteiger partial charge is 0.228 e. The Bertz CT molecular complexity index is 735. The van der Waals surface area contributed by atoms with Crippen molar-refractivity contribution < 1.29 is 14.3 Å². The van der Waals surface area contributed by atoms with E-state index in [2.05, 4.69) is 5.32 Å². The first kappa shape index (κ1) is 15.3. The number of benzene rings is 2. The van der Waals surface area contributed by atoms with Gasteiger partial charge in [-0.05, 0) is 61.2 Å². The molecule has 1 amide bonds. The molecular weight excluding hydrogens is 290 g/mol. The number of carbonyl (C=O) groups excluding carboxylic acids is 2. The van der Waals surface area contributed by atoms with Gasteiger partial charge in [0.05, 0.1) is 13.0 Å². The summed E-state index contributed by atoms with van der Waals surface area (Å²) in [5, 5.41) is 2.86. The molecule has 23 heavy (non-hydrogen) atoms. The van der Waals surface area contributed by atoms with Crippen molar-refractivity contribution in [1.29, 1.82) is 0 Å². The Morgan fingerprint density at radius 2 is 1.91 bits per heavy atom. The van der Waals surface area contributed by atoms with E-state index in [0.717, 1.165) is 30.8 Å². The Hall–Kier alpha value is -2.62. The van der Waals surface area contributed by atoms with Crippen LogP contribution in [0.25, 0.3) is 0 Å². The highest BCUT2D eigenvalue weighted by atomic mass is 16.5. The van der Waals surface area contributed by atoms with E-state index >= 15 is 0 Å². The summed E-state index contributed by atoms with van der Waals surface area (Å²) in [6.07, 6.45) is 2.34. The Morgan fingerprint density at radius 1 is 1.13 bits per heavy atom. The molecular formula is C19H19NO3. The Balaban J connectivity index is 1.64. The molecule has 4 nitrogen and oxygen atoms in total. The topological polar surface area (TPSA) is 55.4 Å². The number of carbonyl (C=O) groups is 2. The molecule has 0 unspecified atom stereocenters. The molecule has 0 spiro atoms. The maximum absolute atomic E-state index is 12.2. The minimum Gasteiger partial charge on any atom is -0.493 e. The molecule has 4 heteroatoms. The van der Waals surface area contributed by atoms with Crippen LogP contribution in [0.2, 0.25) is 0 Å². The SMILES string of the molecule is CC(=O)c1ccc(NC(=O)Cc2ccc3c(c2)CCCO3)cc1. The first-order valence-electron chi connectivity index (χ1n) is 7.77. The molecule has 2 aromatic carbocycles. The van der Waals surface area contributed by atoms with Gasteiger partial charge in [-0.15, -0.1) is 0 Å². The van der Waals surface area contributed by atoms with Gasteiger partial charge < -0.3 is 10.1 Å². The quantitative estimate of drug-likeness (QED) is 0.881. The lowest BCUT2D eigenvalue weighted by molar-refractivity contribution is -0.115. The molecule has 2 aromatic rings. The number of anilines is 1. The summed E-state index contributed by atoms with van der Waals surface area (Å²) in [4.78, 5) is 23.4. The summed E-state index contributed by atoms with van der Waals surface area (Å²) < 4.78 is 5.58. The lowest BCUT2D eigenvalue weighted by Crippen LogP contribution is -2.15. The van der Waals surface area contributed by atoms with Crippen molar-refractivity contribution >= 4 is 17.4 Å². The molecule has 0 aromatic heterocycles. The average molecular weight is 309 g/mol. The molecule has 118 valence electrons. The second kappa shape index (κ2) is 6.65. The van der Waals surface area contributed by atoms with Crippen LogP contribution in [0, 0.1) is 0 Å². The third kappa shape index (κ3) is 3.77. The summed E-state index contributed by atoms with van der Waals surface area (Å²) in [6, 6.07) is 12.8. The van der Waals surface area contributed by atoms with Crippen molar-refractivity contribution in [2.24, 2.45) is 0 Å². The van der Waals surface area contributed by atoms with Gasteiger partial charge in [-0.25, -0.2) is 0 Å². The zero-order chi connectivity index (χ0) is 16.2. The molecule has 0 saturated heterocycles. The van der Waals surface area contributed by atoms with Crippen molar-refractivity contribution in [3.63, 3.8) is 0 Å². The summed E-state index contributed by atoms with van der Waals surface area (Å²) in [6.45, 7) is 2.29. The van der Waals surface area contributed by atoms with Gasteiger partial charge in [-0.3, -0.25) is 9.59 Å². The van der Waals surface area contributed by atoms with Crippen LogP contribution in [0.4, 0.5) is 5.69 Å². The van der Waals surface area contributed by atoms with E-state index in [4.69, 9.17) is 4.74 Å². The maximum Gasteiger partial charge on any atom is 0.228 e. The van der Waals surface area contributed by atoms with Crippen LogP contribution in [0.3, 0.4) is 0 Å². The average Bonchev–Trinajstić information content (AvgIpc) is 2.55.